The molecule has 0 aliphatic rings. The summed E-state index contributed by atoms with van der Waals surface area (Å²) in [5.74, 6) is 0. The van der Waals surface area contributed by atoms with Crippen LogP contribution in [-0.2, 0) is 0 Å². The van der Waals surface area contributed by atoms with Gasteiger partial charge >= 0.3 is 0 Å². The molecule has 0 fully saturated rings. The second-order valence-electron chi connectivity index (χ2n) is 13.0. The minimum atomic E-state index is 1.12. The third-order valence-corrected chi connectivity index (χ3v) is 10.2. The Balaban J connectivity index is 1.25. The van der Waals surface area contributed by atoms with Crippen LogP contribution < -0.4 is 4.90 Å². The fraction of sp³-hybridized carbons (Fsp3) is 0.0213. The molecular formula is C47H32N2. The lowest BCUT2D eigenvalue weighted by Gasteiger charge is -2.28. The molecule has 0 saturated carbocycles. The average Bonchev–Trinajstić information content (AvgIpc) is 3.49. The topological polar surface area (TPSA) is 8.17 Å². The lowest BCUT2D eigenvalue weighted by molar-refractivity contribution is 1.18. The first-order valence-corrected chi connectivity index (χ1v) is 16.9. The van der Waals surface area contributed by atoms with Crippen molar-refractivity contribution in [2.75, 3.05) is 4.90 Å². The molecule has 0 amide bonds. The third kappa shape index (κ3) is 4.28. The van der Waals surface area contributed by atoms with Crippen molar-refractivity contribution in [3.8, 4) is 5.69 Å². The summed E-state index contributed by atoms with van der Waals surface area (Å²) in [7, 11) is 0. The molecule has 0 aliphatic heterocycles. The van der Waals surface area contributed by atoms with Crippen molar-refractivity contribution >= 4 is 82.0 Å². The van der Waals surface area contributed by atoms with Crippen molar-refractivity contribution in [1.29, 1.82) is 0 Å². The molecule has 10 aromatic rings. The molecule has 230 valence electrons. The van der Waals surface area contributed by atoms with E-state index >= 15 is 0 Å². The Morgan fingerprint density at radius 1 is 0.367 bits per heavy atom. The van der Waals surface area contributed by atoms with E-state index in [2.05, 4.69) is 192 Å². The third-order valence-electron chi connectivity index (χ3n) is 10.2. The monoisotopic (exact) mass is 624 g/mol. The smallest absolute Gasteiger partial charge is 0.0561 e. The van der Waals surface area contributed by atoms with Gasteiger partial charge in [-0.15, -0.1) is 0 Å². The highest BCUT2D eigenvalue weighted by molar-refractivity contribution is 6.26. The molecule has 0 aliphatic carbocycles. The SMILES string of the molecule is Cc1ccccc1N(c1ccc2c3ccccc3c3ccccc3c2c1)c1ccc2c3ccccc3n(-c3ccc4ccccc4c3)c2c1. The molecule has 0 saturated heterocycles. The van der Waals surface area contributed by atoms with Crippen LogP contribution in [0.2, 0.25) is 0 Å². The first-order chi connectivity index (χ1) is 24.2. The summed E-state index contributed by atoms with van der Waals surface area (Å²) in [4.78, 5) is 2.43. The summed E-state index contributed by atoms with van der Waals surface area (Å²) in [6.45, 7) is 2.21. The molecule has 2 nitrogen and oxygen atoms in total. The number of benzene rings is 9. The lowest BCUT2D eigenvalue weighted by Crippen LogP contribution is -2.11. The molecule has 0 bridgehead atoms. The Morgan fingerprint density at radius 3 is 1.63 bits per heavy atom. The molecule has 0 spiro atoms. The number of rotatable bonds is 4. The summed E-state index contributed by atoms with van der Waals surface area (Å²) in [5.41, 5.74) is 8.20. The summed E-state index contributed by atoms with van der Waals surface area (Å²) in [6.07, 6.45) is 0. The van der Waals surface area contributed by atoms with Crippen molar-refractivity contribution in [1.82, 2.24) is 4.57 Å². The van der Waals surface area contributed by atoms with Crippen LogP contribution in [0.3, 0.4) is 0 Å². The van der Waals surface area contributed by atoms with Gasteiger partial charge < -0.3 is 9.47 Å². The van der Waals surface area contributed by atoms with Crippen molar-refractivity contribution in [2.45, 2.75) is 6.92 Å². The highest BCUT2D eigenvalue weighted by atomic mass is 15.1. The maximum atomic E-state index is 2.43. The summed E-state index contributed by atoms with van der Waals surface area (Å²) in [5, 5.41) is 12.6. The number of fused-ring (bicyclic) bond motifs is 10. The molecule has 10 rings (SSSR count). The molecule has 0 radical (unpaired) electrons. The van der Waals surface area contributed by atoms with Crippen molar-refractivity contribution < 1.29 is 0 Å². The van der Waals surface area contributed by atoms with Crippen LogP contribution in [0.25, 0.3) is 70.6 Å². The zero-order chi connectivity index (χ0) is 32.5. The average molecular weight is 625 g/mol. The molecular weight excluding hydrogens is 593 g/mol. The predicted molar refractivity (Wildman–Crippen MR) is 210 cm³/mol. The van der Waals surface area contributed by atoms with Gasteiger partial charge in [0.2, 0.25) is 0 Å². The van der Waals surface area contributed by atoms with Crippen molar-refractivity contribution in [3.05, 3.63) is 181 Å². The van der Waals surface area contributed by atoms with Gasteiger partial charge in [-0.1, -0.05) is 127 Å². The summed E-state index contributed by atoms with van der Waals surface area (Å²) < 4.78 is 2.43. The van der Waals surface area contributed by atoms with Gasteiger partial charge in [0.25, 0.3) is 0 Å². The second kappa shape index (κ2) is 10.8. The number of aromatic nitrogens is 1. The number of nitrogens with zero attached hydrogens (tertiary/aromatic N) is 2. The number of hydrogen-bond acceptors (Lipinski definition) is 1. The highest BCUT2D eigenvalue weighted by Crippen LogP contribution is 2.43. The highest BCUT2D eigenvalue weighted by Gasteiger charge is 2.20. The molecule has 1 heterocycles. The fourth-order valence-electron chi connectivity index (χ4n) is 7.97. The van der Waals surface area contributed by atoms with E-state index < -0.39 is 0 Å². The van der Waals surface area contributed by atoms with Crippen LogP contribution in [0.5, 0.6) is 0 Å². The lowest BCUT2D eigenvalue weighted by atomic mass is 9.94. The Bertz CT molecular complexity index is 2880. The maximum Gasteiger partial charge on any atom is 0.0561 e. The van der Waals surface area contributed by atoms with Crippen LogP contribution in [0, 0.1) is 6.92 Å². The maximum absolute atomic E-state index is 2.43. The Morgan fingerprint density at radius 2 is 0.898 bits per heavy atom. The van der Waals surface area contributed by atoms with Gasteiger partial charge in [-0.2, -0.15) is 0 Å². The number of aryl methyl sites for hydroxylation is 1. The molecule has 9 aromatic carbocycles. The quantitative estimate of drug-likeness (QED) is 0.177. The molecule has 2 heteroatoms. The Kier molecular flexibility index (Phi) is 6.13. The van der Waals surface area contributed by atoms with Gasteiger partial charge in [-0.05, 0) is 104 Å². The first-order valence-electron chi connectivity index (χ1n) is 16.9. The van der Waals surface area contributed by atoms with Gasteiger partial charge in [-0.25, -0.2) is 0 Å². The van der Waals surface area contributed by atoms with Gasteiger partial charge in [0.15, 0.2) is 0 Å². The first kappa shape index (κ1) is 27.7. The molecule has 49 heavy (non-hydrogen) atoms. The van der Waals surface area contributed by atoms with Gasteiger partial charge in [0.05, 0.1) is 11.0 Å². The van der Waals surface area contributed by atoms with E-state index in [1.165, 1.54) is 76.1 Å². The zero-order valence-corrected chi connectivity index (χ0v) is 27.1. The van der Waals surface area contributed by atoms with Gasteiger partial charge in [0.1, 0.15) is 0 Å². The normalized spacial score (nSPS) is 11.8. The van der Waals surface area contributed by atoms with Gasteiger partial charge in [-0.3, -0.25) is 0 Å². The van der Waals surface area contributed by atoms with Crippen LogP contribution >= 0.6 is 0 Å². The standard InChI is InChI=1S/C47H32N2/c1-31-12-2-10-20-45(31)48(35-24-26-41-39-17-6-5-15-37(39)38-16-7-8-18-40(38)44(41)29-35)36-25-27-43-42-19-9-11-21-46(42)49(47(43)30-36)34-23-22-32-13-3-4-14-33(32)28-34/h2-30H,1H3. The zero-order valence-electron chi connectivity index (χ0n) is 27.1. The van der Waals surface area contributed by atoms with Crippen LogP contribution in [0.15, 0.2) is 176 Å². The minimum absolute atomic E-state index is 1.12. The minimum Gasteiger partial charge on any atom is -0.310 e. The van der Waals surface area contributed by atoms with Crippen LogP contribution in [0.4, 0.5) is 17.1 Å². The Labute approximate surface area is 284 Å². The van der Waals surface area contributed by atoms with E-state index in [0.29, 0.717) is 0 Å². The largest absolute Gasteiger partial charge is 0.310 e. The van der Waals surface area contributed by atoms with E-state index in [9.17, 15) is 0 Å². The summed E-state index contributed by atoms with van der Waals surface area (Å²) in [6, 6.07) is 64.4. The van der Waals surface area contributed by atoms with E-state index in [1.54, 1.807) is 0 Å². The second-order valence-corrected chi connectivity index (χ2v) is 13.0. The van der Waals surface area contributed by atoms with E-state index in [4.69, 9.17) is 0 Å². The van der Waals surface area contributed by atoms with Crippen molar-refractivity contribution in [3.63, 3.8) is 0 Å². The number of anilines is 3. The molecule has 0 N–H and O–H groups in total. The molecule has 0 unspecified atom stereocenters. The molecule has 1 aromatic heterocycles. The Hall–Kier alpha value is -6.38. The van der Waals surface area contributed by atoms with Gasteiger partial charge in [0, 0.05) is 33.5 Å². The van der Waals surface area contributed by atoms with E-state index in [1.807, 2.05) is 0 Å². The van der Waals surface area contributed by atoms with Crippen molar-refractivity contribution in [2.24, 2.45) is 0 Å². The predicted octanol–water partition coefficient (Wildman–Crippen LogP) is 13.2. The number of hydrogen-bond donors (Lipinski definition) is 0. The van der Waals surface area contributed by atoms with E-state index in [-0.39, 0.29) is 0 Å². The summed E-state index contributed by atoms with van der Waals surface area (Å²) >= 11 is 0. The van der Waals surface area contributed by atoms with Crippen LogP contribution in [-0.4, -0.2) is 4.57 Å². The fourth-order valence-corrected chi connectivity index (χ4v) is 7.97. The molecule has 0 atom stereocenters. The van der Waals surface area contributed by atoms with E-state index in [0.717, 1.165) is 17.1 Å². The number of para-hydroxylation sites is 2. The van der Waals surface area contributed by atoms with Crippen LogP contribution in [0.1, 0.15) is 5.56 Å².